The van der Waals surface area contributed by atoms with Crippen LogP contribution in [-0.2, 0) is 0 Å². The Kier molecular flexibility index (Phi) is 3.07. The molecule has 0 spiro atoms. The normalized spacial score (nSPS) is 10.7. The first kappa shape index (κ1) is 12.5. The average Bonchev–Trinajstić information content (AvgIpc) is 2.85. The molecule has 102 valence electrons. The van der Waals surface area contributed by atoms with E-state index in [1.165, 1.54) is 47.4 Å². The summed E-state index contributed by atoms with van der Waals surface area (Å²) < 4.78 is 19.4. The number of aromatic nitrogens is 3. The zero-order valence-corrected chi connectivity index (χ0v) is 11.1. The summed E-state index contributed by atoms with van der Waals surface area (Å²) >= 11 is 1.22. The number of fused-ring (bicyclic) bond motifs is 1. The maximum Gasteiger partial charge on any atom is 0.275 e. The smallest absolute Gasteiger partial charge is 0.275 e. The van der Waals surface area contributed by atoms with Crippen molar-refractivity contribution >= 4 is 27.1 Å². The lowest BCUT2D eigenvalue weighted by molar-refractivity contribution is 0.387. The molecular weight excluding hydrogens is 283 g/mol. The van der Waals surface area contributed by atoms with Gasteiger partial charge in [0, 0.05) is 24.0 Å². The topological polar surface area (TPSA) is 68.5 Å². The molecule has 0 aliphatic carbocycles. The first-order chi connectivity index (χ1) is 9.67. The lowest BCUT2D eigenvalue weighted by atomic mass is 10.3. The van der Waals surface area contributed by atoms with Crippen LogP contribution in [0.3, 0.4) is 0 Å². The summed E-state index contributed by atoms with van der Waals surface area (Å²) in [5.41, 5.74) is 0.353. The van der Waals surface area contributed by atoms with Gasteiger partial charge in [-0.25, -0.2) is 9.37 Å². The highest BCUT2D eigenvalue weighted by Gasteiger charge is 2.08. The van der Waals surface area contributed by atoms with Gasteiger partial charge < -0.3 is 10.1 Å². The Balaban J connectivity index is 1.97. The second-order valence-electron chi connectivity index (χ2n) is 3.86. The zero-order valence-electron chi connectivity index (χ0n) is 10.3. The molecule has 1 N–H and O–H groups in total. The van der Waals surface area contributed by atoms with Gasteiger partial charge in [0.05, 0.1) is 7.11 Å². The molecule has 0 aliphatic rings. The van der Waals surface area contributed by atoms with Gasteiger partial charge >= 0.3 is 0 Å². The number of rotatable bonds is 3. The molecule has 0 atom stereocenters. The van der Waals surface area contributed by atoms with Crippen LogP contribution >= 0.6 is 11.3 Å². The minimum Gasteiger partial charge on any atom is -0.494 e. The van der Waals surface area contributed by atoms with Gasteiger partial charge in [-0.2, -0.15) is 4.52 Å². The average molecular weight is 292 g/mol. The Morgan fingerprint density at radius 1 is 1.40 bits per heavy atom. The van der Waals surface area contributed by atoms with Crippen LogP contribution in [0.5, 0.6) is 5.75 Å². The Bertz CT molecular complexity index is 830. The van der Waals surface area contributed by atoms with Gasteiger partial charge in [-0.1, -0.05) is 11.3 Å². The highest BCUT2D eigenvalue weighted by atomic mass is 32.1. The summed E-state index contributed by atoms with van der Waals surface area (Å²) in [7, 11) is 1.39. The fraction of sp³-hybridized carbons (Fsp3) is 0.0833. The third kappa shape index (κ3) is 2.21. The van der Waals surface area contributed by atoms with Crippen molar-refractivity contribution < 1.29 is 9.13 Å². The van der Waals surface area contributed by atoms with Crippen LogP contribution < -0.4 is 15.6 Å². The molecule has 0 saturated carbocycles. The van der Waals surface area contributed by atoms with Crippen molar-refractivity contribution in [3.63, 3.8) is 0 Å². The highest BCUT2D eigenvalue weighted by molar-refractivity contribution is 7.20. The number of halogens is 1. The van der Waals surface area contributed by atoms with E-state index in [9.17, 15) is 9.18 Å². The van der Waals surface area contributed by atoms with Crippen molar-refractivity contribution in [1.29, 1.82) is 0 Å². The molecule has 0 saturated heterocycles. The molecule has 8 heteroatoms. The maximum absolute atomic E-state index is 13.3. The van der Waals surface area contributed by atoms with Gasteiger partial charge in [0.25, 0.3) is 5.56 Å². The quantitative estimate of drug-likeness (QED) is 0.800. The van der Waals surface area contributed by atoms with Gasteiger partial charge in [0.2, 0.25) is 10.1 Å². The number of nitrogens with zero attached hydrogens (tertiary/aromatic N) is 3. The van der Waals surface area contributed by atoms with E-state index in [0.717, 1.165) is 0 Å². The van der Waals surface area contributed by atoms with E-state index in [1.54, 1.807) is 6.07 Å². The molecule has 0 unspecified atom stereocenters. The molecule has 2 aromatic heterocycles. The zero-order chi connectivity index (χ0) is 14.1. The molecule has 6 nitrogen and oxygen atoms in total. The largest absolute Gasteiger partial charge is 0.494 e. The van der Waals surface area contributed by atoms with Crippen molar-refractivity contribution in [3.8, 4) is 5.75 Å². The molecule has 0 fully saturated rings. The fourth-order valence-corrected chi connectivity index (χ4v) is 2.45. The summed E-state index contributed by atoms with van der Waals surface area (Å²) in [6.07, 6.45) is 1.43. The van der Waals surface area contributed by atoms with E-state index in [0.29, 0.717) is 15.8 Å². The highest BCUT2D eigenvalue weighted by Crippen LogP contribution is 2.26. The number of hydrogen-bond donors (Lipinski definition) is 1. The van der Waals surface area contributed by atoms with Crippen molar-refractivity contribution in [1.82, 2.24) is 14.6 Å². The third-order valence-corrected chi connectivity index (χ3v) is 3.41. The maximum atomic E-state index is 13.3. The number of ether oxygens (including phenoxy) is 1. The summed E-state index contributed by atoms with van der Waals surface area (Å²) in [6, 6.07) is 5.69. The Labute approximate surface area is 116 Å². The molecular formula is C12H9FN4O2S. The fourth-order valence-electron chi connectivity index (χ4n) is 1.66. The second kappa shape index (κ2) is 4.89. The van der Waals surface area contributed by atoms with Crippen LogP contribution in [0.25, 0.3) is 4.96 Å². The summed E-state index contributed by atoms with van der Waals surface area (Å²) in [6.45, 7) is 0. The molecule has 0 amide bonds. The SMILES string of the molecule is COc1cc(Nc2nn3c(=O)ccnc3s2)ccc1F. The molecule has 0 aliphatic heterocycles. The van der Waals surface area contributed by atoms with Crippen molar-refractivity contribution in [3.05, 3.63) is 46.6 Å². The van der Waals surface area contributed by atoms with Gasteiger partial charge in [-0.15, -0.1) is 5.10 Å². The van der Waals surface area contributed by atoms with Crippen molar-refractivity contribution in [2.45, 2.75) is 0 Å². The van der Waals surface area contributed by atoms with E-state index in [-0.39, 0.29) is 11.3 Å². The number of benzene rings is 1. The second-order valence-corrected chi connectivity index (χ2v) is 4.81. The monoisotopic (exact) mass is 292 g/mol. The van der Waals surface area contributed by atoms with Gasteiger partial charge in [0.1, 0.15) is 0 Å². The minimum absolute atomic E-state index is 0.131. The third-order valence-electron chi connectivity index (χ3n) is 2.57. The van der Waals surface area contributed by atoms with E-state index >= 15 is 0 Å². The van der Waals surface area contributed by atoms with Gasteiger partial charge in [0.15, 0.2) is 11.6 Å². The molecule has 20 heavy (non-hydrogen) atoms. The number of anilines is 2. The first-order valence-electron chi connectivity index (χ1n) is 5.63. The lowest BCUT2D eigenvalue weighted by Gasteiger charge is -2.05. The standard InChI is InChI=1S/C12H9FN4O2S/c1-19-9-6-7(2-3-8(9)13)15-11-16-17-10(18)4-5-14-12(17)20-11/h2-6H,1H3,(H,15,16). The molecule has 0 bridgehead atoms. The summed E-state index contributed by atoms with van der Waals surface area (Å²) in [5.74, 6) is -0.313. The van der Waals surface area contributed by atoms with Gasteiger partial charge in [-0.3, -0.25) is 4.79 Å². The summed E-state index contributed by atoms with van der Waals surface area (Å²) in [5, 5.41) is 7.56. The van der Waals surface area contributed by atoms with E-state index in [4.69, 9.17) is 4.74 Å². The predicted molar refractivity (Wildman–Crippen MR) is 73.4 cm³/mol. The molecule has 2 heterocycles. The molecule has 3 rings (SSSR count). The van der Waals surface area contributed by atoms with Crippen LogP contribution in [0.2, 0.25) is 0 Å². The first-order valence-corrected chi connectivity index (χ1v) is 6.44. The Morgan fingerprint density at radius 2 is 2.25 bits per heavy atom. The lowest BCUT2D eigenvalue weighted by Crippen LogP contribution is -2.12. The van der Waals surface area contributed by atoms with Crippen LogP contribution in [0.1, 0.15) is 0 Å². The van der Waals surface area contributed by atoms with E-state index < -0.39 is 5.82 Å². The molecule has 0 radical (unpaired) electrons. The van der Waals surface area contributed by atoms with Crippen LogP contribution in [-0.4, -0.2) is 21.7 Å². The molecule has 1 aromatic carbocycles. The van der Waals surface area contributed by atoms with Crippen LogP contribution in [0.4, 0.5) is 15.2 Å². The molecule has 3 aromatic rings. The van der Waals surface area contributed by atoms with E-state index in [2.05, 4.69) is 15.4 Å². The number of hydrogen-bond acceptors (Lipinski definition) is 6. The Morgan fingerprint density at radius 3 is 3.00 bits per heavy atom. The Hall–Kier alpha value is -2.48. The van der Waals surface area contributed by atoms with Crippen molar-refractivity contribution in [2.24, 2.45) is 0 Å². The minimum atomic E-state index is -0.444. The van der Waals surface area contributed by atoms with Crippen LogP contribution in [0, 0.1) is 5.82 Å². The van der Waals surface area contributed by atoms with Crippen LogP contribution in [0.15, 0.2) is 35.3 Å². The number of methoxy groups -OCH3 is 1. The van der Waals surface area contributed by atoms with Crippen molar-refractivity contribution in [2.75, 3.05) is 12.4 Å². The van der Waals surface area contributed by atoms with E-state index in [1.807, 2.05) is 0 Å². The van der Waals surface area contributed by atoms with Gasteiger partial charge in [-0.05, 0) is 12.1 Å². The number of nitrogens with one attached hydrogen (secondary N) is 1. The predicted octanol–water partition coefficient (Wildman–Crippen LogP) is 2.04. The summed E-state index contributed by atoms with van der Waals surface area (Å²) in [4.78, 5) is 16.1.